The van der Waals surface area contributed by atoms with Crippen LogP contribution in [0.2, 0.25) is 0 Å². The first-order valence-electron chi connectivity index (χ1n) is 6.14. The number of aryl methyl sites for hydroxylation is 1. The predicted molar refractivity (Wildman–Crippen MR) is 69.3 cm³/mol. The summed E-state index contributed by atoms with van der Waals surface area (Å²) in [6.45, 7) is 6.12. The second-order valence-corrected chi connectivity index (χ2v) is 4.99. The number of rotatable bonds is 3. The summed E-state index contributed by atoms with van der Waals surface area (Å²) < 4.78 is 7.28. The molecule has 0 bridgehead atoms. The number of anilines is 2. The Morgan fingerprint density at radius 3 is 2.65 bits per heavy atom. The Hall–Kier alpha value is -1.23. The molecule has 0 spiro atoms. The van der Waals surface area contributed by atoms with Crippen LogP contribution in [0.1, 0.15) is 31.9 Å². The molecule has 17 heavy (non-hydrogen) atoms. The molecule has 1 fully saturated rings. The molecule has 5 heteroatoms. The molecular formula is C12H22N4O. The van der Waals surface area contributed by atoms with Crippen molar-refractivity contribution in [2.45, 2.75) is 32.3 Å². The van der Waals surface area contributed by atoms with Gasteiger partial charge in [-0.2, -0.15) is 5.10 Å². The number of nitrogens with two attached hydrogens (primary N) is 1. The monoisotopic (exact) mass is 238 g/mol. The number of methoxy groups -OCH3 is 1. The van der Waals surface area contributed by atoms with Gasteiger partial charge in [-0.25, -0.2) is 0 Å². The Morgan fingerprint density at radius 1 is 1.47 bits per heavy atom. The van der Waals surface area contributed by atoms with Crippen molar-refractivity contribution in [2.75, 3.05) is 30.8 Å². The van der Waals surface area contributed by atoms with E-state index in [0.29, 0.717) is 12.0 Å². The molecule has 0 saturated carbocycles. The van der Waals surface area contributed by atoms with E-state index in [-0.39, 0.29) is 0 Å². The second kappa shape index (κ2) is 4.56. The molecular weight excluding hydrogens is 216 g/mol. The molecule has 96 valence electrons. The zero-order valence-corrected chi connectivity index (χ0v) is 11.1. The van der Waals surface area contributed by atoms with Crippen molar-refractivity contribution in [3.05, 3.63) is 5.69 Å². The Bertz CT molecular complexity index is 399. The highest BCUT2D eigenvalue weighted by molar-refractivity contribution is 5.67. The molecule has 5 nitrogen and oxygen atoms in total. The van der Waals surface area contributed by atoms with E-state index >= 15 is 0 Å². The number of nitrogens with zero attached hydrogens (tertiary/aromatic N) is 3. The molecule has 1 aliphatic heterocycles. The lowest BCUT2D eigenvalue weighted by molar-refractivity contribution is 0.121. The summed E-state index contributed by atoms with van der Waals surface area (Å²) in [4.78, 5) is 2.27. The largest absolute Gasteiger partial charge is 0.394 e. The molecule has 0 amide bonds. The van der Waals surface area contributed by atoms with Crippen LogP contribution in [0.15, 0.2) is 0 Å². The van der Waals surface area contributed by atoms with Crippen LogP contribution in [0.3, 0.4) is 0 Å². The lowest BCUT2D eigenvalue weighted by atomic mass is 10.1. The normalized spacial score (nSPS) is 20.5. The minimum Gasteiger partial charge on any atom is -0.394 e. The van der Waals surface area contributed by atoms with E-state index < -0.39 is 0 Å². The molecule has 1 aliphatic rings. The average molecular weight is 238 g/mol. The standard InChI is InChI=1S/C12H22N4O/c1-8(2)11-10(13)12(15(3)14-11)16-6-5-9(7-16)17-4/h8-9H,5-7,13H2,1-4H3. The summed E-state index contributed by atoms with van der Waals surface area (Å²) in [5, 5.41) is 4.51. The molecule has 1 aromatic rings. The van der Waals surface area contributed by atoms with E-state index in [4.69, 9.17) is 10.5 Å². The van der Waals surface area contributed by atoms with Gasteiger partial charge in [0, 0.05) is 27.2 Å². The third kappa shape index (κ3) is 2.11. The zero-order chi connectivity index (χ0) is 12.6. The molecule has 1 aromatic heterocycles. The Labute approximate surface area is 103 Å². The molecule has 1 atom stereocenters. The van der Waals surface area contributed by atoms with E-state index in [9.17, 15) is 0 Å². The maximum atomic E-state index is 6.21. The summed E-state index contributed by atoms with van der Waals surface area (Å²) in [6, 6.07) is 0. The van der Waals surface area contributed by atoms with Crippen LogP contribution >= 0.6 is 0 Å². The minimum absolute atomic E-state index is 0.312. The van der Waals surface area contributed by atoms with Gasteiger partial charge < -0.3 is 15.4 Å². The summed E-state index contributed by atoms with van der Waals surface area (Å²) in [6.07, 6.45) is 1.37. The quantitative estimate of drug-likeness (QED) is 0.863. The maximum absolute atomic E-state index is 6.21. The van der Waals surface area contributed by atoms with E-state index in [0.717, 1.165) is 36.7 Å². The fraction of sp³-hybridized carbons (Fsp3) is 0.750. The fourth-order valence-electron chi connectivity index (χ4n) is 2.47. The molecule has 1 saturated heterocycles. The molecule has 1 unspecified atom stereocenters. The second-order valence-electron chi connectivity index (χ2n) is 4.99. The first kappa shape index (κ1) is 12.2. The number of aromatic nitrogens is 2. The van der Waals surface area contributed by atoms with Gasteiger partial charge in [-0.05, 0) is 12.3 Å². The fourth-order valence-corrected chi connectivity index (χ4v) is 2.47. The smallest absolute Gasteiger partial charge is 0.150 e. The van der Waals surface area contributed by atoms with Crippen LogP contribution < -0.4 is 10.6 Å². The van der Waals surface area contributed by atoms with Crippen molar-refractivity contribution in [2.24, 2.45) is 7.05 Å². The van der Waals surface area contributed by atoms with Gasteiger partial charge in [0.2, 0.25) is 0 Å². The third-order valence-electron chi connectivity index (χ3n) is 3.41. The van der Waals surface area contributed by atoms with E-state index in [1.807, 2.05) is 11.7 Å². The van der Waals surface area contributed by atoms with Gasteiger partial charge in [-0.3, -0.25) is 4.68 Å². The maximum Gasteiger partial charge on any atom is 0.150 e. The van der Waals surface area contributed by atoms with Crippen molar-refractivity contribution < 1.29 is 4.74 Å². The first-order valence-corrected chi connectivity index (χ1v) is 6.14. The summed E-state index contributed by atoms with van der Waals surface area (Å²) >= 11 is 0. The van der Waals surface area contributed by atoms with Gasteiger partial charge in [0.1, 0.15) is 0 Å². The van der Waals surface area contributed by atoms with E-state index in [1.54, 1.807) is 7.11 Å². The lowest BCUT2D eigenvalue weighted by Gasteiger charge is -2.19. The van der Waals surface area contributed by atoms with Gasteiger partial charge >= 0.3 is 0 Å². The van der Waals surface area contributed by atoms with Crippen LogP contribution in [-0.4, -0.2) is 36.1 Å². The van der Waals surface area contributed by atoms with Gasteiger partial charge in [0.05, 0.1) is 17.5 Å². The molecule has 2 N–H and O–H groups in total. The van der Waals surface area contributed by atoms with Gasteiger partial charge in [-0.15, -0.1) is 0 Å². The van der Waals surface area contributed by atoms with Crippen molar-refractivity contribution in [1.82, 2.24) is 9.78 Å². The highest BCUT2D eigenvalue weighted by Crippen LogP contribution is 2.32. The average Bonchev–Trinajstić information content (AvgIpc) is 2.83. The van der Waals surface area contributed by atoms with Crippen LogP contribution in [0.5, 0.6) is 0 Å². The predicted octanol–water partition coefficient (Wildman–Crippen LogP) is 1.35. The summed E-state index contributed by atoms with van der Waals surface area (Å²) in [5.74, 6) is 1.39. The Kier molecular flexibility index (Phi) is 3.28. The van der Waals surface area contributed by atoms with Gasteiger partial charge in [0.25, 0.3) is 0 Å². The van der Waals surface area contributed by atoms with Crippen LogP contribution in [0, 0.1) is 0 Å². The molecule has 0 radical (unpaired) electrons. The van der Waals surface area contributed by atoms with Gasteiger partial charge in [0.15, 0.2) is 5.82 Å². The third-order valence-corrected chi connectivity index (χ3v) is 3.41. The summed E-state index contributed by atoms with van der Waals surface area (Å²) in [7, 11) is 3.72. The number of hydrogen-bond donors (Lipinski definition) is 1. The lowest BCUT2D eigenvalue weighted by Crippen LogP contribution is -2.25. The molecule has 2 rings (SSSR count). The van der Waals surface area contributed by atoms with E-state index in [1.165, 1.54) is 0 Å². The van der Waals surface area contributed by atoms with Crippen LogP contribution in [-0.2, 0) is 11.8 Å². The SMILES string of the molecule is COC1CCN(c2c(N)c(C(C)C)nn2C)C1. The van der Waals surface area contributed by atoms with Gasteiger partial charge in [-0.1, -0.05) is 13.8 Å². The number of ether oxygens (including phenoxy) is 1. The van der Waals surface area contributed by atoms with E-state index in [2.05, 4.69) is 23.8 Å². The highest BCUT2D eigenvalue weighted by Gasteiger charge is 2.27. The van der Waals surface area contributed by atoms with Crippen LogP contribution in [0.4, 0.5) is 11.5 Å². The van der Waals surface area contributed by atoms with Crippen molar-refractivity contribution in [3.63, 3.8) is 0 Å². The number of nitrogen functional groups attached to an aromatic ring is 1. The van der Waals surface area contributed by atoms with Crippen LogP contribution in [0.25, 0.3) is 0 Å². The minimum atomic E-state index is 0.312. The molecule has 0 aliphatic carbocycles. The first-order chi connectivity index (χ1) is 8.04. The zero-order valence-electron chi connectivity index (χ0n) is 11.1. The van der Waals surface area contributed by atoms with Crippen molar-refractivity contribution in [3.8, 4) is 0 Å². The molecule has 0 aromatic carbocycles. The van der Waals surface area contributed by atoms with Crippen molar-refractivity contribution >= 4 is 11.5 Å². The number of hydrogen-bond acceptors (Lipinski definition) is 4. The Morgan fingerprint density at radius 2 is 2.18 bits per heavy atom. The highest BCUT2D eigenvalue weighted by atomic mass is 16.5. The topological polar surface area (TPSA) is 56.3 Å². The van der Waals surface area contributed by atoms with Crippen molar-refractivity contribution in [1.29, 1.82) is 0 Å². The Balaban J connectivity index is 2.27. The molecule has 2 heterocycles. The summed E-state index contributed by atoms with van der Waals surface area (Å²) in [5.41, 5.74) is 8.01.